The van der Waals surface area contributed by atoms with Crippen LogP contribution in [0.5, 0.6) is 0 Å². The molecule has 7 nitrogen and oxygen atoms in total. The van der Waals surface area contributed by atoms with Crippen molar-refractivity contribution in [3.05, 3.63) is 100 Å². The largest absolute Gasteiger partial charge is 0.352 e. The van der Waals surface area contributed by atoms with Gasteiger partial charge in [-0.15, -0.1) is 0 Å². The number of hydrogen-bond acceptors (Lipinski definition) is 4. The number of sulfonamides is 1. The van der Waals surface area contributed by atoms with E-state index in [9.17, 15) is 22.4 Å². The minimum Gasteiger partial charge on any atom is -0.352 e. The third kappa shape index (κ3) is 8.63. The Bertz CT molecular complexity index is 1370. The second-order valence-electron chi connectivity index (χ2n) is 9.38. The first kappa shape index (κ1) is 30.3. The van der Waals surface area contributed by atoms with E-state index in [4.69, 9.17) is 0 Å². The summed E-state index contributed by atoms with van der Waals surface area (Å²) in [5.74, 6) is -1.55. The van der Waals surface area contributed by atoms with Crippen LogP contribution in [0, 0.1) is 5.82 Å². The lowest BCUT2D eigenvalue weighted by atomic mass is 10.0. The maximum atomic E-state index is 14.8. The average molecular weight is 619 g/mol. The fourth-order valence-corrected chi connectivity index (χ4v) is 5.14. The van der Waals surface area contributed by atoms with Gasteiger partial charge in [0.25, 0.3) is 0 Å². The zero-order valence-electron chi connectivity index (χ0n) is 22.2. The Balaban J connectivity index is 2.06. The molecule has 208 valence electrons. The van der Waals surface area contributed by atoms with Crippen molar-refractivity contribution in [3.63, 3.8) is 0 Å². The van der Waals surface area contributed by atoms with Crippen LogP contribution in [0.4, 0.5) is 10.1 Å². The lowest BCUT2D eigenvalue weighted by Gasteiger charge is -2.34. The van der Waals surface area contributed by atoms with E-state index < -0.39 is 40.2 Å². The van der Waals surface area contributed by atoms with E-state index in [1.165, 1.54) is 11.0 Å². The molecule has 0 spiro atoms. The molecule has 3 aromatic rings. The first-order chi connectivity index (χ1) is 18.5. The molecule has 1 N–H and O–H groups in total. The number of carbonyl (C=O) groups is 2. The van der Waals surface area contributed by atoms with E-state index in [1.807, 2.05) is 44.2 Å². The lowest BCUT2D eigenvalue weighted by molar-refractivity contribution is -0.140. The molecule has 0 radical (unpaired) electrons. The topological polar surface area (TPSA) is 86.8 Å². The molecule has 10 heteroatoms. The van der Waals surface area contributed by atoms with E-state index in [0.29, 0.717) is 12.1 Å². The summed E-state index contributed by atoms with van der Waals surface area (Å²) in [4.78, 5) is 28.8. The summed E-state index contributed by atoms with van der Waals surface area (Å²) in [6, 6.07) is 20.6. The molecule has 0 aromatic heterocycles. The molecule has 3 aromatic carbocycles. The Labute approximate surface area is 238 Å². The third-order valence-corrected chi connectivity index (χ3v) is 8.03. The van der Waals surface area contributed by atoms with Crippen LogP contribution >= 0.6 is 15.9 Å². The van der Waals surface area contributed by atoms with Crippen LogP contribution in [0.3, 0.4) is 0 Å². The van der Waals surface area contributed by atoms with Gasteiger partial charge in [-0.1, -0.05) is 71.4 Å². The van der Waals surface area contributed by atoms with Crippen molar-refractivity contribution in [1.82, 2.24) is 10.2 Å². The average Bonchev–Trinajstić information content (AvgIpc) is 2.90. The van der Waals surface area contributed by atoms with Crippen molar-refractivity contribution < 1.29 is 22.4 Å². The first-order valence-corrected chi connectivity index (χ1v) is 15.2. The van der Waals surface area contributed by atoms with Crippen LogP contribution in [-0.2, 0) is 32.6 Å². The van der Waals surface area contributed by atoms with Crippen molar-refractivity contribution in [2.45, 2.75) is 45.3 Å². The van der Waals surface area contributed by atoms with Crippen LogP contribution in [-0.4, -0.2) is 50.0 Å². The summed E-state index contributed by atoms with van der Waals surface area (Å²) >= 11 is 3.33. The normalized spacial score (nSPS) is 12.8. The zero-order chi connectivity index (χ0) is 28.6. The summed E-state index contributed by atoms with van der Waals surface area (Å²) in [6.45, 7) is 3.02. The van der Waals surface area contributed by atoms with Crippen LogP contribution < -0.4 is 9.62 Å². The molecule has 0 aliphatic rings. The lowest BCUT2D eigenvalue weighted by Crippen LogP contribution is -2.54. The number of carbonyl (C=O) groups excluding carboxylic acids is 2. The molecule has 0 aliphatic heterocycles. The molecule has 3 rings (SSSR count). The van der Waals surface area contributed by atoms with Gasteiger partial charge in [0.2, 0.25) is 21.8 Å². The van der Waals surface area contributed by atoms with Gasteiger partial charge in [-0.2, -0.15) is 0 Å². The van der Waals surface area contributed by atoms with Crippen molar-refractivity contribution in [1.29, 1.82) is 0 Å². The third-order valence-electron chi connectivity index (χ3n) is 6.36. The number of amides is 2. The molecule has 0 heterocycles. The Morgan fingerprint density at radius 2 is 1.59 bits per heavy atom. The number of nitrogens with zero attached hydrogens (tertiary/aromatic N) is 2. The van der Waals surface area contributed by atoms with Crippen LogP contribution in [0.2, 0.25) is 0 Å². The second kappa shape index (κ2) is 13.7. The van der Waals surface area contributed by atoms with Crippen LogP contribution in [0.25, 0.3) is 0 Å². The van der Waals surface area contributed by atoms with E-state index in [0.717, 1.165) is 20.6 Å². The molecular formula is C29H33BrFN3O4S. The first-order valence-electron chi connectivity index (χ1n) is 12.6. The maximum absolute atomic E-state index is 14.8. The predicted octanol–water partition coefficient (Wildman–Crippen LogP) is 4.91. The SMILES string of the molecule is CC[C@@H](C)NC(=O)[C@H](Cc1ccccc1)N(Cc1ccccc1F)C(=O)CN(c1ccc(Br)cc1)S(C)(=O)=O. The van der Waals surface area contributed by atoms with Gasteiger partial charge in [-0.3, -0.25) is 13.9 Å². The summed E-state index contributed by atoms with van der Waals surface area (Å²) in [5, 5.41) is 2.94. The molecule has 2 atom stereocenters. The maximum Gasteiger partial charge on any atom is 0.244 e. The van der Waals surface area contributed by atoms with E-state index in [2.05, 4.69) is 21.2 Å². The number of rotatable bonds is 12. The highest BCUT2D eigenvalue weighted by Gasteiger charge is 2.33. The molecule has 0 saturated heterocycles. The second-order valence-corrected chi connectivity index (χ2v) is 12.2. The number of benzene rings is 3. The standard InChI is InChI=1S/C29H33BrFN3O4S/c1-4-21(2)32-29(36)27(18-22-10-6-5-7-11-22)33(19-23-12-8-9-13-26(23)31)28(35)20-34(39(3,37)38)25-16-14-24(30)15-17-25/h5-17,21,27H,4,18-20H2,1-3H3,(H,32,36)/t21-,27+/m1/s1. The number of anilines is 1. The Morgan fingerprint density at radius 3 is 2.18 bits per heavy atom. The van der Waals surface area contributed by atoms with Crippen molar-refractivity contribution >= 4 is 43.5 Å². The van der Waals surface area contributed by atoms with Gasteiger partial charge in [0.05, 0.1) is 11.9 Å². The molecule has 0 saturated carbocycles. The minimum atomic E-state index is -3.87. The monoisotopic (exact) mass is 617 g/mol. The molecule has 39 heavy (non-hydrogen) atoms. The highest BCUT2D eigenvalue weighted by Crippen LogP contribution is 2.23. The molecule has 0 unspecified atom stereocenters. The predicted molar refractivity (Wildman–Crippen MR) is 155 cm³/mol. The fourth-order valence-electron chi connectivity index (χ4n) is 4.03. The quantitative estimate of drug-likeness (QED) is 0.313. The van der Waals surface area contributed by atoms with Gasteiger partial charge in [0.1, 0.15) is 18.4 Å². The molecular weight excluding hydrogens is 585 g/mol. The molecule has 0 aliphatic carbocycles. The summed E-state index contributed by atoms with van der Waals surface area (Å²) in [7, 11) is -3.87. The fraction of sp³-hybridized carbons (Fsp3) is 0.310. The Morgan fingerprint density at radius 1 is 0.974 bits per heavy atom. The van der Waals surface area contributed by atoms with Gasteiger partial charge in [-0.25, -0.2) is 12.8 Å². The van der Waals surface area contributed by atoms with Gasteiger partial charge >= 0.3 is 0 Å². The Kier molecular flexibility index (Phi) is 10.7. The zero-order valence-corrected chi connectivity index (χ0v) is 24.6. The van der Waals surface area contributed by atoms with E-state index in [-0.39, 0.29) is 24.6 Å². The highest BCUT2D eigenvalue weighted by atomic mass is 79.9. The van der Waals surface area contributed by atoms with Gasteiger partial charge < -0.3 is 10.2 Å². The van der Waals surface area contributed by atoms with Crippen LogP contribution in [0.15, 0.2) is 83.3 Å². The Hall–Kier alpha value is -3.24. The smallest absolute Gasteiger partial charge is 0.244 e. The van der Waals surface area contributed by atoms with Crippen molar-refractivity contribution in [3.8, 4) is 0 Å². The summed E-state index contributed by atoms with van der Waals surface area (Å²) in [5.41, 5.74) is 1.32. The summed E-state index contributed by atoms with van der Waals surface area (Å²) < 4.78 is 42.1. The molecule has 0 fully saturated rings. The minimum absolute atomic E-state index is 0.156. The summed E-state index contributed by atoms with van der Waals surface area (Å²) in [6.07, 6.45) is 1.86. The van der Waals surface area contributed by atoms with E-state index >= 15 is 0 Å². The van der Waals surface area contributed by atoms with E-state index in [1.54, 1.807) is 42.5 Å². The van der Waals surface area contributed by atoms with Gasteiger partial charge in [0.15, 0.2) is 0 Å². The number of hydrogen-bond donors (Lipinski definition) is 1. The van der Waals surface area contributed by atoms with Gasteiger partial charge in [0, 0.05) is 29.0 Å². The molecule has 2 amide bonds. The van der Waals surface area contributed by atoms with Crippen molar-refractivity contribution in [2.75, 3.05) is 17.1 Å². The van der Waals surface area contributed by atoms with Crippen molar-refractivity contribution in [2.24, 2.45) is 0 Å². The van der Waals surface area contributed by atoms with Gasteiger partial charge in [-0.05, 0) is 49.2 Å². The number of nitrogens with one attached hydrogen (secondary N) is 1. The highest BCUT2D eigenvalue weighted by molar-refractivity contribution is 9.10. The number of halogens is 2. The van der Waals surface area contributed by atoms with Crippen LogP contribution in [0.1, 0.15) is 31.4 Å². The molecule has 0 bridgehead atoms.